The second-order valence-electron chi connectivity index (χ2n) is 9.40. The smallest absolute Gasteiger partial charge is 0.407 e. The maximum atomic E-state index is 13.0. The van der Waals surface area contributed by atoms with Crippen LogP contribution in [0, 0.1) is 5.41 Å². The van der Waals surface area contributed by atoms with Crippen LogP contribution in [0.15, 0.2) is 24.3 Å². The van der Waals surface area contributed by atoms with Crippen molar-refractivity contribution in [1.82, 2.24) is 10.2 Å². The normalized spacial score (nSPS) is 22.4. The summed E-state index contributed by atoms with van der Waals surface area (Å²) in [4.78, 5) is 27.1. The van der Waals surface area contributed by atoms with E-state index in [2.05, 4.69) is 31.3 Å². The molecular weight excluding hydrogens is 404 g/mol. The van der Waals surface area contributed by atoms with Crippen molar-refractivity contribution in [2.75, 3.05) is 24.6 Å². The second kappa shape index (κ2) is 8.80. The van der Waals surface area contributed by atoms with Crippen molar-refractivity contribution >= 4 is 35.5 Å². The zero-order valence-corrected chi connectivity index (χ0v) is 19.6. The van der Waals surface area contributed by atoms with Gasteiger partial charge in [-0.3, -0.25) is 4.79 Å². The van der Waals surface area contributed by atoms with Crippen LogP contribution in [0.2, 0.25) is 0 Å². The number of alkyl carbamates (subject to hydrolysis) is 1. The lowest BCUT2D eigenvalue weighted by Crippen LogP contribution is -2.57. The highest BCUT2D eigenvalue weighted by Gasteiger charge is 2.39. The first kappa shape index (κ1) is 22.3. The molecule has 2 aliphatic rings. The van der Waals surface area contributed by atoms with Crippen LogP contribution < -0.4 is 5.32 Å². The van der Waals surface area contributed by atoms with E-state index in [1.807, 2.05) is 61.3 Å². The number of rotatable bonds is 3. The van der Waals surface area contributed by atoms with Gasteiger partial charge in [-0.15, -0.1) is 23.5 Å². The number of benzene rings is 1. The van der Waals surface area contributed by atoms with Crippen LogP contribution in [0.5, 0.6) is 0 Å². The van der Waals surface area contributed by atoms with Crippen molar-refractivity contribution in [1.29, 1.82) is 0 Å². The number of carbonyl (C=O) groups is 2. The molecule has 0 aromatic heterocycles. The average molecular weight is 437 g/mol. The van der Waals surface area contributed by atoms with Crippen LogP contribution in [-0.4, -0.2) is 53.1 Å². The maximum Gasteiger partial charge on any atom is 0.407 e. The molecular formula is C22H32N2O3S2. The van der Waals surface area contributed by atoms with Crippen LogP contribution in [0.4, 0.5) is 4.79 Å². The Hall–Kier alpha value is -1.34. The van der Waals surface area contributed by atoms with Crippen molar-refractivity contribution in [3.63, 3.8) is 0 Å². The van der Waals surface area contributed by atoms with Gasteiger partial charge in [0.05, 0.1) is 4.58 Å². The SMILES string of the molecule is CC(C)(C)OC(=O)N[C@@H]1CCN(C(=O)c2ccc(C3SCCS3)cc2)CC1(C)C. The Labute approximate surface area is 182 Å². The van der Waals surface area contributed by atoms with Crippen LogP contribution in [0.3, 0.4) is 0 Å². The van der Waals surface area contributed by atoms with E-state index in [-0.39, 0.29) is 17.4 Å². The van der Waals surface area contributed by atoms with E-state index in [0.717, 1.165) is 5.56 Å². The molecule has 0 aliphatic carbocycles. The van der Waals surface area contributed by atoms with Gasteiger partial charge in [-0.25, -0.2) is 4.79 Å². The molecule has 0 radical (unpaired) electrons. The third-order valence-electron chi connectivity index (χ3n) is 5.26. The van der Waals surface area contributed by atoms with Crippen LogP contribution in [0.25, 0.3) is 0 Å². The molecule has 1 aromatic carbocycles. The largest absolute Gasteiger partial charge is 0.444 e. The van der Waals surface area contributed by atoms with Crippen molar-refractivity contribution in [2.45, 2.75) is 57.3 Å². The Bertz CT molecular complexity index is 737. The summed E-state index contributed by atoms with van der Waals surface area (Å²) >= 11 is 3.94. The van der Waals surface area contributed by atoms with Crippen molar-refractivity contribution < 1.29 is 14.3 Å². The molecule has 1 aromatic rings. The van der Waals surface area contributed by atoms with E-state index in [9.17, 15) is 9.59 Å². The summed E-state index contributed by atoms with van der Waals surface area (Å²) in [5, 5.41) is 3.00. The number of thioether (sulfide) groups is 2. The molecule has 0 saturated carbocycles. The Morgan fingerprint density at radius 2 is 1.76 bits per heavy atom. The van der Waals surface area contributed by atoms with E-state index in [1.165, 1.54) is 17.1 Å². The van der Waals surface area contributed by atoms with Crippen LogP contribution >= 0.6 is 23.5 Å². The van der Waals surface area contributed by atoms with Crippen LogP contribution in [-0.2, 0) is 4.74 Å². The highest BCUT2D eigenvalue weighted by molar-refractivity contribution is 8.19. The van der Waals surface area contributed by atoms with Gasteiger partial charge in [-0.2, -0.15) is 0 Å². The number of hydrogen-bond donors (Lipinski definition) is 1. The van der Waals surface area contributed by atoms with E-state index in [4.69, 9.17) is 4.74 Å². The predicted molar refractivity (Wildman–Crippen MR) is 122 cm³/mol. The minimum absolute atomic E-state index is 0.0276. The number of carbonyl (C=O) groups excluding carboxylic acids is 2. The van der Waals surface area contributed by atoms with E-state index >= 15 is 0 Å². The summed E-state index contributed by atoms with van der Waals surface area (Å²) < 4.78 is 5.89. The lowest BCUT2D eigenvalue weighted by molar-refractivity contribution is 0.0306. The summed E-state index contributed by atoms with van der Waals surface area (Å²) in [6, 6.07) is 8.06. The predicted octanol–water partition coefficient (Wildman–Crippen LogP) is 4.93. The number of hydrogen-bond acceptors (Lipinski definition) is 5. The van der Waals surface area contributed by atoms with Gasteiger partial charge in [0.1, 0.15) is 5.60 Å². The molecule has 0 spiro atoms. The zero-order chi connectivity index (χ0) is 21.2. The average Bonchev–Trinajstić information content (AvgIpc) is 3.16. The summed E-state index contributed by atoms with van der Waals surface area (Å²) in [5.74, 6) is 2.45. The van der Waals surface area contributed by atoms with Gasteiger partial charge in [0.15, 0.2) is 0 Å². The molecule has 1 N–H and O–H groups in total. The summed E-state index contributed by atoms with van der Waals surface area (Å²) in [5.41, 5.74) is 1.26. The highest BCUT2D eigenvalue weighted by Crippen LogP contribution is 2.45. The van der Waals surface area contributed by atoms with Gasteiger partial charge in [0.25, 0.3) is 5.91 Å². The number of piperidine rings is 1. The van der Waals surface area contributed by atoms with Crippen molar-refractivity contribution in [3.05, 3.63) is 35.4 Å². The van der Waals surface area contributed by atoms with Gasteiger partial charge >= 0.3 is 6.09 Å². The fourth-order valence-electron chi connectivity index (χ4n) is 3.76. The number of amides is 2. The van der Waals surface area contributed by atoms with Gasteiger partial charge in [-0.05, 0) is 44.9 Å². The van der Waals surface area contributed by atoms with Gasteiger partial charge in [-0.1, -0.05) is 26.0 Å². The molecule has 2 fully saturated rings. The molecule has 7 heteroatoms. The quantitative estimate of drug-likeness (QED) is 0.728. The number of nitrogens with zero attached hydrogens (tertiary/aromatic N) is 1. The van der Waals surface area contributed by atoms with E-state index < -0.39 is 11.7 Å². The molecule has 29 heavy (non-hydrogen) atoms. The molecule has 5 nitrogen and oxygen atoms in total. The van der Waals surface area contributed by atoms with Crippen LogP contribution in [0.1, 0.15) is 61.5 Å². The van der Waals surface area contributed by atoms with Gasteiger partial charge in [0, 0.05) is 41.6 Å². The molecule has 3 rings (SSSR count). The number of likely N-dealkylation sites (tertiary alicyclic amines) is 1. The first-order valence-corrected chi connectivity index (χ1v) is 12.3. The lowest BCUT2D eigenvalue weighted by Gasteiger charge is -2.44. The Balaban J connectivity index is 1.60. The van der Waals surface area contributed by atoms with Crippen molar-refractivity contribution in [3.8, 4) is 0 Å². The third-order valence-corrected chi connectivity index (χ3v) is 8.36. The fraction of sp³-hybridized carbons (Fsp3) is 0.636. The molecule has 2 amide bonds. The maximum absolute atomic E-state index is 13.0. The second-order valence-corrected chi connectivity index (χ2v) is 12.1. The number of nitrogens with one attached hydrogen (secondary N) is 1. The topological polar surface area (TPSA) is 58.6 Å². The summed E-state index contributed by atoms with van der Waals surface area (Å²) in [7, 11) is 0. The monoisotopic (exact) mass is 436 g/mol. The fourth-order valence-corrected chi connectivity index (χ4v) is 6.62. The molecule has 160 valence electrons. The zero-order valence-electron chi connectivity index (χ0n) is 18.0. The molecule has 0 bridgehead atoms. The molecule has 2 heterocycles. The minimum Gasteiger partial charge on any atom is -0.444 e. The Kier molecular flexibility index (Phi) is 6.78. The Morgan fingerprint density at radius 1 is 1.14 bits per heavy atom. The first-order chi connectivity index (χ1) is 13.5. The minimum atomic E-state index is -0.521. The first-order valence-electron chi connectivity index (χ1n) is 10.2. The van der Waals surface area contributed by atoms with Gasteiger partial charge < -0.3 is 15.0 Å². The third kappa shape index (κ3) is 5.85. The van der Waals surface area contributed by atoms with Crippen molar-refractivity contribution in [2.24, 2.45) is 5.41 Å². The standard InChI is InChI=1S/C22H32N2O3S2/c1-21(2,3)27-20(26)23-17-10-11-24(14-22(17,4)5)18(25)15-6-8-16(9-7-15)19-28-12-13-29-19/h6-9,17,19H,10-14H2,1-5H3,(H,23,26)/t17-/m1/s1. The van der Waals surface area contributed by atoms with Gasteiger partial charge in [0.2, 0.25) is 0 Å². The molecule has 0 unspecified atom stereocenters. The van der Waals surface area contributed by atoms with E-state index in [0.29, 0.717) is 24.1 Å². The van der Waals surface area contributed by atoms with E-state index in [1.54, 1.807) is 0 Å². The highest BCUT2D eigenvalue weighted by atomic mass is 32.2. The summed E-state index contributed by atoms with van der Waals surface area (Å²) in [6.07, 6.45) is 0.319. The molecule has 2 aliphatic heterocycles. The number of ether oxygens (including phenoxy) is 1. The molecule has 1 atom stereocenters. The Morgan fingerprint density at radius 3 is 2.31 bits per heavy atom. The molecule has 2 saturated heterocycles. The lowest BCUT2D eigenvalue weighted by atomic mass is 9.79. The summed E-state index contributed by atoms with van der Waals surface area (Å²) in [6.45, 7) is 11.0.